The minimum Gasteiger partial charge on any atom is -0.486 e. The van der Waals surface area contributed by atoms with Crippen molar-refractivity contribution in [3.05, 3.63) is 22.7 Å². The van der Waals surface area contributed by atoms with E-state index in [4.69, 9.17) is 26.2 Å². The summed E-state index contributed by atoms with van der Waals surface area (Å²) in [7, 11) is 0. The molecule has 1 saturated heterocycles. The van der Waals surface area contributed by atoms with E-state index < -0.39 is 12.0 Å². The molecular weight excluding hydrogens is 318 g/mol. The number of benzene rings is 1. The number of aliphatic carboxylic acids is 1. The van der Waals surface area contributed by atoms with Crippen molar-refractivity contribution in [1.82, 2.24) is 4.90 Å². The maximum absolute atomic E-state index is 12.5. The zero-order valence-corrected chi connectivity index (χ0v) is 12.4. The SMILES string of the molecule is O=C(O)C1CSCN1C(=O)c1cc(Cl)c2c(c1)OCCO2. The minimum absolute atomic E-state index is 0.286. The number of ether oxygens (including phenoxy) is 2. The predicted molar refractivity (Wildman–Crippen MR) is 77.4 cm³/mol. The summed E-state index contributed by atoms with van der Waals surface area (Å²) in [6, 6.07) is 2.22. The van der Waals surface area contributed by atoms with E-state index in [1.807, 2.05) is 0 Å². The van der Waals surface area contributed by atoms with Crippen LogP contribution in [-0.2, 0) is 4.79 Å². The van der Waals surface area contributed by atoms with E-state index in [9.17, 15) is 9.59 Å². The Bertz CT molecular complexity index is 608. The molecule has 2 heterocycles. The number of rotatable bonds is 2. The number of halogens is 1. The molecule has 1 fully saturated rings. The maximum atomic E-state index is 12.5. The maximum Gasteiger partial charge on any atom is 0.327 e. The van der Waals surface area contributed by atoms with Crippen LogP contribution < -0.4 is 9.47 Å². The van der Waals surface area contributed by atoms with Gasteiger partial charge in [0, 0.05) is 11.3 Å². The molecule has 1 N–H and O–H groups in total. The second-order valence-corrected chi connectivity index (χ2v) is 6.02. The van der Waals surface area contributed by atoms with Crippen LogP contribution in [0.4, 0.5) is 0 Å². The molecule has 1 aromatic carbocycles. The van der Waals surface area contributed by atoms with Crippen LogP contribution in [0.2, 0.25) is 5.02 Å². The van der Waals surface area contributed by atoms with Crippen LogP contribution in [0, 0.1) is 0 Å². The number of carboxylic acids is 1. The quantitative estimate of drug-likeness (QED) is 0.890. The molecule has 6 nitrogen and oxygen atoms in total. The van der Waals surface area contributed by atoms with Gasteiger partial charge in [0.15, 0.2) is 11.5 Å². The van der Waals surface area contributed by atoms with Gasteiger partial charge in [-0.15, -0.1) is 11.8 Å². The van der Waals surface area contributed by atoms with Gasteiger partial charge in [0.1, 0.15) is 19.3 Å². The molecule has 21 heavy (non-hydrogen) atoms. The number of nitrogens with zero attached hydrogens (tertiary/aromatic N) is 1. The van der Waals surface area contributed by atoms with Crippen LogP contribution in [0.3, 0.4) is 0 Å². The third kappa shape index (κ3) is 2.63. The fourth-order valence-electron chi connectivity index (χ4n) is 2.25. The molecule has 8 heteroatoms. The molecule has 0 saturated carbocycles. The lowest BCUT2D eigenvalue weighted by Gasteiger charge is -2.23. The van der Waals surface area contributed by atoms with Crippen LogP contribution in [0.5, 0.6) is 11.5 Å². The number of hydrogen-bond donors (Lipinski definition) is 1. The molecule has 2 aliphatic heterocycles. The molecule has 0 spiro atoms. The number of fused-ring (bicyclic) bond motifs is 1. The number of hydrogen-bond acceptors (Lipinski definition) is 5. The molecule has 0 aromatic heterocycles. The first-order chi connectivity index (χ1) is 10.1. The first kappa shape index (κ1) is 14.3. The normalized spacial score (nSPS) is 20.4. The molecular formula is C13H12ClNO5S. The summed E-state index contributed by atoms with van der Waals surface area (Å²) in [4.78, 5) is 25.0. The Morgan fingerprint density at radius 3 is 2.86 bits per heavy atom. The molecule has 2 aliphatic rings. The van der Waals surface area contributed by atoms with Gasteiger partial charge >= 0.3 is 5.97 Å². The molecule has 1 aromatic rings. The van der Waals surface area contributed by atoms with E-state index in [1.54, 1.807) is 6.07 Å². The minimum atomic E-state index is -1.00. The summed E-state index contributed by atoms with van der Waals surface area (Å²) < 4.78 is 10.8. The van der Waals surface area contributed by atoms with Gasteiger partial charge in [0.05, 0.1) is 10.9 Å². The number of carbonyl (C=O) groups is 2. The summed E-state index contributed by atoms with van der Waals surface area (Å²) in [5.41, 5.74) is 0.304. The van der Waals surface area contributed by atoms with Crippen LogP contribution in [-0.4, -0.2) is 52.8 Å². The Morgan fingerprint density at radius 2 is 2.10 bits per heavy atom. The molecule has 1 atom stereocenters. The summed E-state index contributed by atoms with van der Waals surface area (Å²) in [5, 5.41) is 9.43. The summed E-state index contributed by atoms with van der Waals surface area (Å²) in [6.45, 7) is 0.794. The lowest BCUT2D eigenvalue weighted by molar-refractivity contribution is -0.140. The Morgan fingerprint density at radius 1 is 1.33 bits per heavy atom. The average molecular weight is 330 g/mol. The number of amides is 1. The fraction of sp³-hybridized carbons (Fsp3) is 0.385. The van der Waals surface area contributed by atoms with Crippen molar-refractivity contribution < 1.29 is 24.2 Å². The second kappa shape index (κ2) is 5.65. The van der Waals surface area contributed by atoms with Gasteiger partial charge in [-0.05, 0) is 12.1 Å². The third-order valence-corrected chi connectivity index (χ3v) is 4.56. The van der Waals surface area contributed by atoms with Crippen LogP contribution in [0.15, 0.2) is 12.1 Å². The van der Waals surface area contributed by atoms with E-state index in [0.717, 1.165) is 0 Å². The highest BCUT2D eigenvalue weighted by Gasteiger charge is 2.35. The van der Waals surface area contributed by atoms with E-state index in [1.165, 1.54) is 22.7 Å². The molecule has 0 bridgehead atoms. The van der Waals surface area contributed by atoms with E-state index in [0.29, 0.717) is 41.9 Å². The first-order valence-corrected chi connectivity index (χ1v) is 7.82. The molecule has 0 radical (unpaired) electrons. The Kier molecular flexibility index (Phi) is 3.86. The summed E-state index contributed by atoms with van der Waals surface area (Å²) in [6.07, 6.45) is 0. The van der Waals surface area contributed by atoms with Crippen LogP contribution in [0.1, 0.15) is 10.4 Å². The smallest absolute Gasteiger partial charge is 0.327 e. The molecule has 1 amide bonds. The van der Waals surface area contributed by atoms with Crippen molar-refractivity contribution in [1.29, 1.82) is 0 Å². The largest absolute Gasteiger partial charge is 0.486 e. The van der Waals surface area contributed by atoms with E-state index in [2.05, 4.69) is 0 Å². The standard InChI is InChI=1S/C13H12ClNO5S/c14-8-3-7(4-10-11(8)20-2-1-19-10)12(16)15-6-21-5-9(15)13(17)18/h3-4,9H,1-2,5-6H2,(H,17,18). The van der Waals surface area contributed by atoms with E-state index >= 15 is 0 Å². The Balaban J connectivity index is 1.91. The predicted octanol–water partition coefficient (Wildman–Crippen LogP) is 1.71. The first-order valence-electron chi connectivity index (χ1n) is 6.28. The highest BCUT2D eigenvalue weighted by molar-refractivity contribution is 7.99. The lowest BCUT2D eigenvalue weighted by Crippen LogP contribution is -2.41. The lowest BCUT2D eigenvalue weighted by atomic mass is 10.1. The second-order valence-electron chi connectivity index (χ2n) is 4.61. The van der Waals surface area contributed by atoms with Crippen LogP contribution >= 0.6 is 23.4 Å². The van der Waals surface area contributed by atoms with Crippen LogP contribution in [0.25, 0.3) is 0 Å². The van der Waals surface area contributed by atoms with E-state index in [-0.39, 0.29) is 10.9 Å². The number of carboxylic acid groups (broad SMARTS) is 1. The number of thioether (sulfide) groups is 1. The third-order valence-electron chi connectivity index (χ3n) is 3.27. The highest BCUT2D eigenvalue weighted by atomic mass is 35.5. The van der Waals surface area contributed by atoms with Gasteiger partial charge in [-0.2, -0.15) is 0 Å². The van der Waals surface area contributed by atoms with Crippen molar-refractivity contribution in [3.8, 4) is 11.5 Å². The Hall–Kier alpha value is -1.60. The molecule has 112 valence electrons. The molecule has 1 unspecified atom stereocenters. The molecule has 3 rings (SSSR count). The fourth-order valence-corrected chi connectivity index (χ4v) is 3.66. The zero-order chi connectivity index (χ0) is 15.0. The summed E-state index contributed by atoms with van der Waals surface area (Å²) in [5.74, 6) is 0.199. The summed E-state index contributed by atoms with van der Waals surface area (Å²) >= 11 is 7.51. The van der Waals surface area contributed by atoms with Crippen molar-refractivity contribution in [2.75, 3.05) is 24.8 Å². The van der Waals surface area contributed by atoms with Gasteiger partial charge in [0.25, 0.3) is 5.91 Å². The number of carbonyl (C=O) groups excluding carboxylic acids is 1. The van der Waals surface area contributed by atoms with Gasteiger partial charge in [-0.3, -0.25) is 4.79 Å². The molecule has 0 aliphatic carbocycles. The van der Waals surface area contributed by atoms with Crippen molar-refractivity contribution >= 4 is 35.2 Å². The van der Waals surface area contributed by atoms with Crippen molar-refractivity contribution in [3.63, 3.8) is 0 Å². The van der Waals surface area contributed by atoms with Crippen molar-refractivity contribution in [2.45, 2.75) is 6.04 Å². The zero-order valence-electron chi connectivity index (χ0n) is 10.9. The van der Waals surface area contributed by atoms with Gasteiger partial charge in [-0.25, -0.2) is 4.79 Å². The average Bonchev–Trinajstić information content (AvgIpc) is 2.96. The topological polar surface area (TPSA) is 76.1 Å². The van der Waals surface area contributed by atoms with Gasteiger partial charge in [0.2, 0.25) is 0 Å². The highest BCUT2D eigenvalue weighted by Crippen LogP contribution is 2.39. The Labute approximate surface area is 130 Å². The van der Waals surface area contributed by atoms with Gasteiger partial charge in [-0.1, -0.05) is 11.6 Å². The van der Waals surface area contributed by atoms with Gasteiger partial charge < -0.3 is 19.5 Å². The monoisotopic (exact) mass is 329 g/mol. The van der Waals surface area contributed by atoms with Crippen molar-refractivity contribution in [2.24, 2.45) is 0 Å².